The predicted octanol–water partition coefficient (Wildman–Crippen LogP) is 4.45. The molecule has 0 aliphatic carbocycles. The lowest BCUT2D eigenvalue weighted by atomic mass is 10.0. The molecule has 2 aromatic carbocycles. The number of nitrogens with zero attached hydrogens (tertiary/aromatic N) is 1. The summed E-state index contributed by atoms with van der Waals surface area (Å²) in [7, 11) is 0. The number of benzene rings is 2. The summed E-state index contributed by atoms with van der Waals surface area (Å²) >= 11 is 0. The highest BCUT2D eigenvalue weighted by atomic mass is 16.2. The average molecular weight is 352 g/mol. The molecule has 1 N–H and O–H groups in total. The van der Waals surface area contributed by atoms with Crippen LogP contribution in [0.5, 0.6) is 0 Å². The van der Waals surface area contributed by atoms with Gasteiger partial charge in [0.2, 0.25) is 0 Å². The molecule has 2 rings (SSSR count). The van der Waals surface area contributed by atoms with Crippen molar-refractivity contribution in [2.45, 2.75) is 53.5 Å². The van der Waals surface area contributed by atoms with Crippen LogP contribution >= 0.6 is 0 Å². The van der Waals surface area contributed by atoms with E-state index in [1.807, 2.05) is 77.9 Å². The maximum Gasteiger partial charge on any atom is 0.272 e. The van der Waals surface area contributed by atoms with Crippen molar-refractivity contribution >= 4 is 11.8 Å². The Kier molecular flexibility index (Phi) is 5.86. The molecule has 0 heterocycles. The number of aryl methyl sites for hydroxylation is 3. The molecule has 0 aliphatic rings. The van der Waals surface area contributed by atoms with E-state index < -0.39 is 5.54 Å². The zero-order valence-electron chi connectivity index (χ0n) is 16.5. The molecule has 4 nitrogen and oxygen atoms in total. The van der Waals surface area contributed by atoms with Gasteiger partial charge in [-0.1, -0.05) is 42.3 Å². The highest BCUT2D eigenvalue weighted by Gasteiger charge is 2.30. The molecule has 0 bridgehead atoms. The lowest BCUT2D eigenvalue weighted by Gasteiger charge is -2.35. The van der Waals surface area contributed by atoms with Crippen molar-refractivity contribution in [2.75, 3.05) is 0 Å². The van der Waals surface area contributed by atoms with Crippen LogP contribution in [0.3, 0.4) is 0 Å². The third-order valence-electron chi connectivity index (χ3n) is 4.20. The van der Waals surface area contributed by atoms with E-state index in [-0.39, 0.29) is 11.8 Å². The van der Waals surface area contributed by atoms with Gasteiger partial charge in [0.15, 0.2) is 0 Å². The van der Waals surface area contributed by atoms with Crippen LogP contribution in [-0.2, 0) is 6.42 Å². The third-order valence-corrected chi connectivity index (χ3v) is 4.20. The maximum absolute atomic E-state index is 13.1. The van der Waals surface area contributed by atoms with Gasteiger partial charge in [0.25, 0.3) is 11.8 Å². The molecule has 2 aromatic rings. The molecular formula is C22H28N2O2. The largest absolute Gasteiger partial charge is 0.272 e. The smallest absolute Gasteiger partial charge is 0.267 e. The Balaban J connectivity index is 2.36. The highest BCUT2D eigenvalue weighted by Crippen LogP contribution is 2.18. The van der Waals surface area contributed by atoms with Gasteiger partial charge < -0.3 is 0 Å². The Hall–Kier alpha value is -2.62. The number of carbonyl (C=O) groups excluding carboxylic acids is 2. The van der Waals surface area contributed by atoms with E-state index in [9.17, 15) is 9.59 Å². The van der Waals surface area contributed by atoms with E-state index in [0.29, 0.717) is 11.1 Å². The van der Waals surface area contributed by atoms with E-state index >= 15 is 0 Å². The van der Waals surface area contributed by atoms with E-state index in [0.717, 1.165) is 23.1 Å². The van der Waals surface area contributed by atoms with Crippen LogP contribution in [0.15, 0.2) is 42.5 Å². The minimum Gasteiger partial charge on any atom is -0.267 e. The van der Waals surface area contributed by atoms with Crippen LogP contribution in [0, 0.1) is 13.8 Å². The molecule has 2 amide bonds. The quantitative estimate of drug-likeness (QED) is 0.830. The van der Waals surface area contributed by atoms with Gasteiger partial charge in [-0.3, -0.25) is 15.0 Å². The lowest BCUT2D eigenvalue weighted by Crippen LogP contribution is -2.56. The van der Waals surface area contributed by atoms with Crippen LogP contribution in [0.4, 0.5) is 0 Å². The first kappa shape index (κ1) is 19.7. The van der Waals surface area contributed by atoms with Gasteiger partial charge in [0.05, 0.1) is 5.54 Å². The minimum atomic E-state index is -0.564. The van der Waals surface area contributed by atoms with Crippen molar-refractivity contribution in [1.29, 1.82) is 0 Å². The molecule has 0 unspecified atom stereocenters. The monoisotopic (exact) mass is 352 g/mol. The maximum atomic E-state index is 13.1. The first-order valence-corrected chi connectivity index (χ1v) is 8.95. The number of nitrogens with one attached hydrogen (secondary N) is 1. The fourth-order valence-electron chi connectivity index (χ4n) is 2.96. The van der Waals surface area contributed by atoms with Gasteiger partial charge in [-0.05, 0) is 64.8 Å². The molecule has 0 atom stereocenters. The summed E-state index contributed by atoms with van der Waals surface area (Å²) in [6.45, 7) is 11.6. The Morgan fingerprint density at radius 2 is 1.58 bits per heavy atom. The SMILES string of the molecule is CCc1ccccc1C(=O)NN(C(=O)c1cc(C)cc(C)c1)C(C)(C)C. The van der Waals surface area contributed by atoms with Crippen molar-refractivity contribution in [1.82, 2.24) is 10.4 Å². The summed E-state index contributed by atoms with van der Waals surface area (Å²) in [6.07, 6.45) is 0.754. The predicted molar refractivity (Wildman–Crippen MR) is 105 cm³/mol. The Morgan fingerprint density at radius 1 is 1.00 bits per heavy atom. The van der Waals surface area contributed by atoms with Crippen LogP contribution in [0.1, 0.15) is 65.1 Å². The second-order valence-electron chi connectivity index (χ2n) is 7.64. The standard InChI is InChI=1S/C22H28N2O2/c1-7-17-10-8-9-11-19(17)20(25)23-24(22(4,5)6)21(26)18-13-15(2)12-16(3)14-18/h8-14H,7H2,1-6H3,(H,23,25). The van der Waals surface area contributed by atoms with Crippen LogP contribution in [-0.4, -0.2) is 22.4 Å². The summed E-state index contributed by atoms with van der Waals surface area (Å²) in [5, 5.41) is 1.43. The van der Waals surface area contributed by atoms with E-state index in [1.54, 1.807) is 6.07 Å². The Labute approximate surface area is 156 Å². The molecule has 0 aliphatic heterocycles. The van der Waals surface area contributed by atoms with Gasteiger partial charge in [0, 0.05) is 11.1 Å². The van der Waals surface area contributed by atoms with Crippen molar-refractivity contribution in [3.05, 3.63) is 70.3 Å². The van der Waals surface area contributed by atoms with Gasteiger partial charge in [0.1, 0.15) is 0 Å². The van der Waals surface area contributed by atoms with Crippen LogP contribution in [0.25, 0.3) is 0 Å². The Bertz CT molecular complexity index is 799. The molecule has 0 spiro atoms. The highest BCUT2D eigenvalue weighted by molar-refractivity contribution is 6.00. The normalized spacial score (nSPS) is 11.2. The van der Waals surface area contributed by atoms with Gasteiger partial charge in [-0.25, -0.2) is 5.01 Å². The minimum absolute atomic E-state index is 0.216. The second kappa shape index (κ2) is 7.73. The molecule has 26 heavy (non-hydrogen) atoms. The summed E-state index contributed by atoms with van der Waals surface area (Å²) < 4.78 is 0. The third kappa shape index (κ3) is 4.51. The van der Waals surface area contributed by atoms with Crippen molar-refractivity contribution in [3.8, 4) is 0 Å². The van der Waals surface area contributed by atoms with E-state index in [1.165, 1.54) is 5.01 Å². The Morgan fingerprint density at radius 3 is 2.12 bits per heavy atom. The van der Waals surface area contributed by atoms with Crippen LogP contribution < -0.4 is 5.43 Å². The molecule has 0 aromatic heterocycles. The van der Waals surface area contributed by atoms with Crippen molar-refractivity contribution in [3.63, 3.8) is 0 Å². The number of amides is 2. The number of rotatable bonds is 3. The summed E-state index contributed by atoms with van der Waals surface area (Å²) in [5.74, 6) is -0.485. The van der Waals surface area contributed by atoms with Gasteiger partial charge in [-0.2, -0.15) is 0 Å². The molecule has 0 radical (unpaired) electrons. The molecule has 0 saturated heterocycles. The lowest BCUT2D eigenvalue weighted by molar-refractivity contribution is 0.0358. The molecule has 0 saturated carbocycles. The number of hydrogen-bond donors (Lipinski definition) is 1. The van der Waals surface area contributed by atoms with E-state index in [2.05, 4.69) is 5.43 Å². The molecule has 138 valence electrons. The van der Waals surface area contributed by atoms with Crippen molar-refractivity contribution in [2.24, 2.45) is 0 Å². The first-order valence-electron chi connectivity index (χ1n) is 8.95. The van der Waals surface area contributed by atoms with Gasteiger partial charge in [-0.15, -0.1) is 0 Å². The van der Waals surface area contributed by atoms with Crippen LogP contribution in [0.2, 0.25) is 0 Å². The zero-order valence-corrected chi connectivity index (χ0v) is 16.5. The molecule has 0 fully saturated rings. The number of carbonyl (C=O) groups is 2. The topological polar surface area (TPSA) is 49.4 Å². The fraction of sp³-hybridized carbons (Fsp3) is 0.364. The summed E-state index contributed by atoms with van der Waals surface area (Å²) in [4.78, 5) is 26.0. The second-order valence-corrected chi connectivity index (χ2v) is 7.64. The first-order chi connectivity index (χ1) is 12.1. The molecular weight excluding hydrogens is 324 g/mol. The average Bonchev–Trinajstić information content (AvgIpc) is 2.57. The number of hydrogen-bond acceptors (Lipinski definition) is 2. The van der Waals surface area contributed by atoms with E-state index in [4.69, 9.17) is 0 Å². The van der Waals surface area contributed by atoms with Crippen molar-refractivity contribution < 1.29 is 9.59 Å². The van der Waals surface area contributed by atoms with Gasteiger partial charge >= 0.3 is 0 Å². The molecule has 4 heteroatoms. The fourth-order valence-corrected chi connectivity index (χ4v) is 2.96. The summed E-state index contributed by atoms with van der Waals surface area (Å²) in [5.41, 5.74) is 6.42. The zero-order chi connectivity index (χ0) is 19.5. The number of hydrazine groups is 1. The summed E-state index contributed by atoms with van der Waals surface area (Å²) in [6, 6.07) is 13.2.